The summed E-state index contributed by atoms with van der Waals surface area (Å²) in [4.78, 5) is 27.5. The first-order valence-electron chi connectivity index (χ1n) is 9.01. The van der Waals surface area contributed by atoms with E-state index in [0.29, 0.717) is 23.3 Å². The second-order valence-corrected chi connectivity index (χ2v) is 7.23. The van der Waals surface area contributed by atoms with Gasteiger partial charge >= 0.3 is 12.1 Å². The van der Waals surface area contributed by atoms with Gasteiger partial charge in [0.2, 0.25) is 0 Å². The highest BCUT2D eigenvalue weighted by atomic mass is 32.1. The lowest BCUT2D eigenvalue weighted by Crippen LogP contribution is -2.17. The average molecular weight is 434 g/mol. The molecule has 3 rings (SSSR count). The zero-order valence-corrected chi connectivity index (χ0v) is 16.6. The van der Waals surface area contributed by atoms with Crippen LogP contribution in [0.15, 0.2) is 54.6 Å². The molecule has 0 saturated carbocycles. The molecular weight excluding hydrogens is 417 g/mol. The predicted octanol–water partition coefficient (Wildman–Crippen LogP) is 5.65. The number of esters is 1. The topological polar surface area (TPSA) is 68.3 Å². The number of rotatable bonds is 6. The number of nitrogens with one attached hydrogen (secondary N) is 1. The molecule has 3 aromatic rings. The fraction of sp³-hybridized carbons (Fsp3) is 0.190. The summed E-state index contributed by atoms with van der Waals surface area (Å²) in [5, 5.41) is 2.52. The number of alkyl halides is 3. The van der Waals surface area contributed by atoms with Gasteiger partial charge in [-0.1, -0.05) is 37.3 Å². The van der Waals surface area contributed by atoms with E-state index >= 15 is 0 Å². The Morgan fingerprint density at radius 3 is 2.33 bits per heavy atom. The van der Waals surface area contributed by atoms with Crippen molar-refractivity contribution in [3.05, 3.63) is 70.7 Å². The maximum absolute atomic E-state index is 13.4. The Kier molecular flexibility index (Phi) is 6.51. The lowest BCUT2D eigenvalue weighted by Gasteiger charge is -2.08. The van der Waals surface area contributed by atoms with Crippen LogP contribution in [0, 0.1) is 0 Å². The van der Waals surface area contributed by atoms with Crippen LogP contribution in [0.5, 0.6) is 0 Å². The van der Waals surface area contributed by atoms with Crippen molar-refractivity contribution in [2.45, 2.75) is 19.5 Å². The van der Waals surface area contributed by atoms with Crippen LogP contribution in [0.25, 0.3) is 10.6 Å². The molecule has 156 valence electrons. The molecular formula is C21H17F3N2O3S. The first-order chi connectivity index (χ1) is 14.3. The molecule has 0 saturated heterocycles. The third kappa shape index (κ3) is 5.04. The molecule has 0 unspecified atom stereocenters. The number of carbonyl (C=O) groups is 2. The smallest absolute Gasteiger partial charge is 0.435 e. The van der Waals surface area contributed by atoms with E-state index in [-0.39, 0.29) is 22.9 Å². The lowest BCUT2D eigenvalue weighted by molar-refractivity contribution is -0.141. The minimum Gasteiger partial charge on any atom is -0.462 e. The molecule has 0 atom stereocenters. The second kappa shape index (κ2) is 9.08. The van der Waals surface area contributed by atoms with Crippen LogP contribution in [-0.4, -0.2) is 23.5 Å². The van der Waals surface area contributed by atoms with Gasteiger partial charge in [0.1, 0.15) is 9.88 Å². The van der Waals surface area contributed by atoms with Crippen molar-refractivity contribution in [2.24, 2.45) is 0 Å². The summed E-state index contributed by atoms with van der Waals surface area (Å²) >= 11 is 0.667. The first kappa shape index (κ1) is 21.5. The van der Waals surface area contributed by atoms with Gasteiger partial charge in [-0.05, 0) is 30.7 Å². The van der Waals surface area contributed by atoms with Gasteiger partial charge in [0.25, 0.3) is 5.91 Å². The number of hydrogen-bond acceptors (Lipinski definition) is 5. The molecule has 0 aliphatic carbocycles. The second-order valence-electron chi connectivity index (χ2n) is 6.23. The molecule has 9 heteroatoms. The van der Waals surface area contributed by atoms with Crippen LogP contribution in [0.2, 0.25) is 0 Å². The van der Waals surface area contributed by atoms with Crippen molar-refractivity contribution in [2.75, 3.05) is 11.9 Å². The molecule has 0 radical (unpaired) electrons. The van der Waals surface area contributed by atoms with Gasteiger partial charge in [-0.2, -0.15) is 13.2 Å². The molecule has 1 N–H and O–H groups in total. The third-order valence-corrected chi connectivity index (χ3v) is 5.04. The molecule has 0 spiro atoms. The fourth-order valence-corrected chi connectivity index (χ4v) is 3.51. The number of aromatic nitrogens is 1. The summed E-state index contributed by atoms with van der Waals surface area (Å²) < 4.78 is 45.3. The van der Waals surface area contributed by atoms with Crippen LogP contribution in [0.3, 0.4) is 0 Å². The number of thiazole rings is 1. The van der Waals surface area contributed by atoms with Gasteiger partial charge in [-0.15, -0.1) is 11.3 Å². The highest BCUT2D eigenvalue weighted by Gasteiger charge is 2.39. The standard InChI is InChI=1S/C21H17F3N2O3S/c1-2-12-29-20(28)14-8-10-15(11-9-14)25-18(27)16-17(21(22,23)24)26-19(30-16)13-6-4-3-5-7-13/h3-11H,2,12H2,1H3,(H,25,27). The largest absolute Gasteiger partial charge is 0.462 e. The van der Waals surface area contributed by atoms with Crippen LogP contribution in [0.1, 0.15) is 39.1 Å². The van der Waals surface area contributed by atoms with Crippen LogP contribution < -0.4 is 5.32 Å². The molecule has 1 aromatic heterocycles. The van der Waals surface area contributed by atoms with Crippen molar-refractivity contribution in [3.8, 4) is 10.6 Å². The Morgan fingerprint density at radius 2 is 1.73 bits per heavy atom. The fourth-order valence-electron chi connectivity index (χ4n) is 2.53. The summed E-state index contributed by atoms with van der Waals surface area (Å²) in [5.74, 6) is -1.44. The quantitative estimate of drug-likeness (QED) is 0.509. The summed E-state index contributed by atoms with van der Waals surface area (Å²) in [6.07, 6.45) is -4.09. The Morgan fingerprint density at radius 1 is 1.07 bits per heavy atom. The maximum atomic E-state index is 13.4. The molecule has 0 aliphatic rings. The van der Waals surface area contributed by atoms with Crippen molar-refractivity contribution in [3.63, 3.8) is 0 Å². The Bertz CT molecular complexity index is 1030. The van der Waals surface area contributed by atoms with Gasteiger partial charge in [-0.25, -0.2) is 9.78 Å². The summed E-state index contributed by atoms with van der Waals surface area (Å²) in [6, 6.07) is 14.0. The van der Waals surface area contributed by atoms with Crippen molar-refractivity contribution < 1.29 is 27.5 Å². The molecule has 2 aromatic carbocycles. The number of anilines is 1. The number of amides is 1. The molecule has 0 bridgehead atoms. The SMILES string of the molecule is CCCOC(=O)c1ccc(NC(=O)c2sc(-c3ccccc3)nc2C(F)(F)F)cc1. The monoisotopic (exact) mass is 434 g/mol. The molecule has 0 fully saturated rings. The molecule has 30 heavy (non-hydrogen) atoms. The zero-order chi connectivity index (χ0) is 21.7. The highest BCUT2D eigenvalue weighted by Crippen LogP contribution is 2.38. The van der Waals surface area contributed by atoms with Gasteiger partial charge in [-0.3, -0.25) is 4.79 Å². The summed E-state index contributed by atoms with van der Waals surface area (Å²) in [6.45, 7) is 2.15. The number of nitrogens with zero attached hydrogens (tertiary/aromatic N) is 1. The zero-order valence-electron chi connectivity index (χ0n) is 15.8. The molecule has 1 amide bonds. The van der Waals surface area contributed by atoms with E-state index in [0.717, 1.165) is 0 Å². The van der Waals surface area contributed by atoms with Crippen molar-refractivity contribution in [1.29, 1.82) is 0 Å². The molecule has 0 aliphatic heterocycles. The van der Waals surface area contributed by atoms with Crippen molar-refractivity contribution >= 4 is 28.9 Å². The first-order valence-corrected chi connectivity index (χ1v) is 9.83. The van der Waals surface area contributed by atoms with Crippen molar-refractivity contribution in [1.82, 2.24) is 4.98 Å². The third-order valence-electron chi connectivity index (χ3n) is 3.94. The average Bonchev–Trinajstić information content (AvgIpc) is 3.19. The Balaban J connectivity index is 1.82. The van der Waals surface area contributed by atoms with Gasteiger partial charge in [0, 0.05) is 11.3 Å². The summed E-state index contributed by atoms with van der Waals surface area (Å²) in [5.41, 5.74) is -0.220. The van der Waals surface area contributed by atoms with Gasteiger partial charge in [0.05, 0.1) is 12.2 Å². The Labute approximate surface area is 174 Å². The number of benzene rings is 2. The van der Waals surface area contributed by atoms with Crippen LogP contribution in [0.4, 0.5) is 18.9 Å². The highest BCUT2D eigenvalue weighted by molar-refractivity contribution is 7.17. The summed E-state index contributed by atoms with van der Waals surface area (Å²) in [7, 11) is 0. The van der Waals surface area contributed by atoms with Crippen LogP contribution >= 0.6 is 11.3 Å². The predicted molar refractivity (Wildman–Crippen MR) is 108 cm³/mol. The molecule has 5 nitrogen and oxygen atoms in total. The Hall–Kier alpha value is -3.20. The normalized spacial score (nSPS) is 11.2. The minimum absolute atomic E-state index is 0.0992. The van der Waals surface area contributed by atoms with Gasteiger partial charge < -0.3 is 10.1 Å². The number of ether oxygens (including phenoxy) is 1. The number of hydrogen-bond donors (Lipinski definition) is 1. The van der Waals surface area contributed by atoms with E-state index in [2.05, 4.69) is 10.3 Å². The lowest BCUT2D eigenvalue weighted by atomic mass is 10.2. The molecule has 1 heterocycles. The number of halogens is 3. The minimum atomic E-state index is -4.77. The van der Waals surface area contributed by atoms with E-state index in [1.807, 2.05) is 6.92 Å². The van der Waals surface area contributed by atoms with E-state index in [1.54, 1.807) is 30.3 Å². The maximum Gasteiger partial charge on any atom is 0.435 e. The van der Waals surface area contributed by atoms with E-state index in [4.69, 9.17) is 4.74 Å². The number of carbonyl (C=O) groups excluding carboxylic acids is 2. The van der Waals surface area contributed by atoms with Crippen LogP contribution in [-0.2, 0) is 10.9 Å². The van der Waals surface area contributed by atoms with Gasteiger partial charge in [0.15, 0.2) is 5.69 Å². The van der Waals surface area contributed by atoms with E-state index < -0.39 is 28.6 Å². The van der Waals surface area contributed by atoms with E-state index in [1.165, 1.54) is 24.3 Å². The van der Waals surface area contributed by atoms with E-state index in [9.17, 15) is 22.8 Å².